The number of rotatable bonds is 7. The number of amides is 1. The van der Waals surface area contributed by atoms with Crippen LogP contribution in [-0.4, -0.2) is 31.1 Å². The molecular formula is C24H26N6OS. The molecule has 1 unspecified atom stereocenters. The third kappa shape index (κ3) is 4.91. The van der Waals surface area contributed by atoms with Crippen molar-refractivity contribution in [3.63, 3.8) is 0 Å². The maximum absolute atomic E-state index is 13.2. The van der Waals surface area contributed by atoms with Crippen molar-refractivity contribution in [3.05, 3.63) is 76.0 Å². The lowest BCUT2D eigenvalue weighted by Crippen LogP contribution is -2.26. The number of aryl methyl sites for hydroxylation is 1. The molecule has 7 nitrogen and oxygen atoms in total. The van der Waals surface area contributed by atoms with Crippen LogP contribution in [0.15, 0.2) is 54.0 Å². The van der Waals surface area contributed by atoms with Gasteiger partial charge in [-0.2, -0.15) is 4.68 Å². The summed E-state index contributed by atoms with van der Waals surface area (Å²) in [5.74, 6) is 1.01. The lowest BCUT2D eigenvalue weighted by atomic mass is 10.0. The number of tetrazole rings is 1. The van der Waals surface area contributed by atoms with Gasteiger partial charge in [-0.25, -0.2) is 4.98 Å². The Labute approximate surface area is 191 Å². The van der Waals surface area contributed by atoms with E-state index in [4.69, 9.17) is 0 Å². The van der Waals surface area contributed by atoms with Gasteiger partial charge in [-0.15, -0.1) is 16.4 Å². The predicted octanol–water partition coefficient (Wildman–Crippen LogP) is 4.78. The Morgan fingerprint density at radius 3 is 2.56 bits per heavy atom. The topological polar surface area (TPSA) is 85.6 Å². The molecule has 4 rings (SSSR count). The molecule has 0 aliphatic carbocycles. The van der Waals surface area contributed by atoms with Gasteiger partial charge in [0, 0.05) is 23.6 Å². The van der Waals surface area contributed by atoms with Gasteiger partial charge in [0.05, 0.1) is 11.7 Å². The fourth-order valence-corrected chi connectivity index (χ4v) is 4.11. The molecule has 0 radical (unpaired) electrons. The van der Waals surface area contributed by atoms with Gasteiger partial charge >= 0.3 is 0 Å². The SMILES string of the molecule is Cc1ccc(-c2cc(C(=O)NC(C)c3nccs3)cc(-n3nnnc3CC(C)C)c2)cc1. The van der Waals surface area contributed by atoms with Gasteiger partial charge in [0.25, 0.3) is 5.91 Å². The van der Waals surface area contributed by atoms with Gasteiger partial charge in [0.15, 0.2) is 5.82 Å². The van der Waals surface area contributed by atoms with Crippen LogP contribution in [0.2, 0.25) is 0 Å². The number of hydrogen-bond donors (Lipinski definition) is 1. The molecule has 32 heavy (non-hydrogen) atoms. The van der Waals surface area contributed by atoms with E-state index in [-0.39, 0.29) is 11.9 Å². The van der Waals surface area contributed by atoms with E-state index >= 15 is 0 Å². The van der Waals surface area contributed by atoms with Crippen molar-refractivity contribution in [2.45, 2.75) is 40.2 Å². The normalized spacial score (nSPS) is 12.2. The third-order valence-electron chi connectivity index (χ3n) is 5.10. The molecule has 1 N–H and O–H groups in total. The summed E-state index contributed by atoms with van der Waals surface area (Å²) >= 11 is 1.52. The zero-order valence-corrected chi connectivity index (χ0v) is 19.4. The molecule has 0 aliphatic rings. The summed E-state index contributed by atoms with van der Waals surface area (Å²) < 4.78 is 1.72. The zero-order valence-electron chi connectivity index (χ0n) is 18.6. The molecule has 1 amide bonds. The molecule has 0 aliphatic heterocycles. The van der Waals surface area contributed by atoms with E-state index in [1.165, 1.54) is 16.9 Å². The second-order valence-electron chi connectivity index (χ2n) is 8.30. The highest BCUT2D eigenvalue weighted by Gasteiger charge is 2.18. The third-order valence-corrected chi connectivity index (χ3v) is 6.06. The first-order valence-electron chi connectivity index (χ1n) is 10.6. The van der Waals surface area contributed by atoms with Gasteiger partial charge in [-0.05, 0) is 59.5 Å². The van der Waals surface area contributed by atoms with Crippen LogP contribution in [0.4, 0.5) is 0 Å². The Balaban J connectivity index is 1.75. The van der Waals surface area contributed by atoms with E-state index < -0.39 is 0 Å². The van der Waals surface area contributed by atoms with Crippen LogP contribution < -0.4 is 5.32 Å². The minimum absolute atomic E-state index is 0.165. The van der Waals surface area contributed by atoms with Gasteiger partial charge < -0.3 is 5.32 Å². The standard InChI is InChI=1S/C24H26N6OS/c1-15(2)11-22-27-28-29-30(22)21-13-19(18-7-5-16(3)6-8-18)12-20(14-21)23(31)26-17(4)24-25-9-10-32-24/h5-10,12-15,17H,11H2,1-4H3,(H,26,31). The van der Waals surface area contributed by atoms with Crippen LogP contribution in [0.3, 0.4) is 0 Å². The molecule has 4 aromatic rings. The van der Waals surface area contributed by atoms with Crippen molar-refractivity contribution in [1.82, 2.24) is 30.5 Å². The number of thiazole rings is 1. The molecule has 164 valence electrons. The lowest BCUT2D eigenvalue weighted by Gasteiger charge is -2.14. The highest BCUT2D eigenvalue weighted by Crippen LogP contribution is 2.26. The monoisotopic (exact) mass is 446 g/mol. The molecular weight excluding hydrogens is 420 g/mol. The molecule has 0 bridgehead atoms. The number of nitrogens with one attached hydrogen (secondary N) is 1. The largest absolute Gasteiger partial charge is 0.343 e. The zero-order chi connectivity index (χ0) is 22.7. The lowest BCUT2D eigenvalue weighted by molar-refractivity contribution is 0.0940. The summed E-state index contributed by atoms with van der Waals surface area (Å²) in [7, 11) is 0. The highest BCUT2D eigenvalue weighted by molar-refractivity contribution is 7.09. The summed E-state index contributed by atoms with van der Waals surface area (Å²) in [5.41, 5.74) is 4.45. The molecule has 8 heteroatoms. The van der Waals surface area contributed by atoms with Gasteiger partial charge in [0.2, 0.25) is 0 Å². The van der Waals surface area contributed by atoms with Crippen molar-refractivity contribution >= 4 is 17.2 Å². The molecule has 0 saturated heterocycles. The maximum Gasteiger partial charge on any atom is 0.251 e. The quantitative estimate of drug-likeness (QED) is 0.441. The second-order valence-corrected chi connectivity index (χ2v) is 9.23. The minimum Gasteiger partial charge on any atom is -0.343 e. The number of carbonyl (C=O) groups is 1. The van der Waals surface area contributed by atoms with Crippen LogP contribution in [0, 0.1) is 12.8 Å². The van der Waals surface area contributed by atoms with Crippen LogP contribution in [0.5, 0.6) is 0 Å². The highest BCUT2D eigenvalue weighted by atomic mass is 32.1. The number of nitrogens with zero attached hydrogens (tertiary/aromatic N) is 5. The summed E-state index contributed by atoms with van der Waals surface area (Å²) in [4.78, 5) is 17.5. The van der Waals surface area contributed by atoms with Crippen molar-refractivity contribution in [1.29, 1.82) is 0 Å². The van der Waals surface area contributed by atoms with E-state index in [1.54, 1.807) is 10.9 Å². The fourth-order valence-electron chi connectivity index (χ4n) is 3.47. The first kappa shape index (κ1) is 21.8. The summed E-state index contributed by atoms with van der Waals surface area (Å²) in [5, 5.41) is 18.1. The number of benzene rings is 2. The van der Waals surface area contributed by atoms with E-state index in [0.29, 0.717) is 11.5 Å². The van der Waals surface area contributed by atoms with E-state index in [9.17, 15) is 4.79 Å². The van der Waals surface area contributed by atoms with Gasteiger partial charge in [0.1, 0.15) is 5.01 Å². The average Bonchev–Trinajstić information content (AvgIpc) is 3.46. The Morgan fingerprint density at radius 1 is 1.09 bits per heavy atom. The van der Waals surface area contributed by atoms with Crippen LogP contribution in [0.25, 0.3) is 16.8 Å². The average molecular weight is 447 g/mol. The Hall–Kier alpha value is -3.39. The van der Waals surface area contributed by atoms with E-state index in [1.807, 2.05) is 30.5 Å². The summed E-state index contributed by atoms with van der Waals surface area (Å²) in [6.45, 7) is 8.24. The van der Waals surface area contributed by atoms with E-state index in [0.717, 1.165) is 34.1 Å². The molecule has 2 heterocycles. The van der Waals surface area contributed by atoms with Crippen LogP contribution in [-0.2, 0) is 6.42 Å². The molecule has 2 aromatic carbocycles. The van der Waals surface area contributed by atoms with Crippen LogP contribution >= 0.6 is 11.3 Å². The van der Waals surface area contributed by atoms with Crippen molar-refractivity contribution in [2.75, 3.05) is 0 Å². The Bertz CT molecular complexity index is 1200. The second kappa shape index (κ2) is 9.40. The summed E-state index contributed by atoms with van der Waals surface area (Å²) in [6.07, 6.45) is 2.48. The Kier molecular flexibility index (Phi) is 6.41. The molecule has 1 atom stereocenters. The molecule has 0 saturated carbocycles. The van der Waals surface area contributed by atoms with Crippen molar-refractivity contribution in [2.24, 2.45) is 5.92 Å². The first-order valence-corrected chi connectivity index (χ1v) is 11.5. The molecule has 0 spiro atoms. The van der Waals surface area contributed by atoms with Crippen molar-refractivity contribution in [3.8, 4) is 16.8 Å². The molecule has 2 aromatic heterocycles. The summed E-state index contributed by atoms with van der Waals surface area (Å²) in [6, 6.07) is 13.8. The van der Waals surface area contributed by atoms with Gasteiger partial charge in [-0.1, -0.05) is 43.7 Å². The Morgan fingerprint density at radius 2 is 1.88 bits per heavy atom. The van der Waals surface area contributed by atoms with E-state index in [2.05, 4.69) is 70.9 Å². The maximum atomic E-state index is 13.2. The first-order chi connectivity index (χ1) is 15.4. The number of hydrogen-bond acceptors (Lipinski definition) is 6. The number of aromatic nitrogens is 5. The van der Waals surface area contributed by atoms with Crippen LogP contribution in [0.1, 0.15) is 53.6 Å². The van der Waals surface area contributed by atoms with Gasteiger partial charge in [-0.3, -0.25) is 4.79 Å². The smallest absolute Gasteiger partial charge is 0.251 e. The predicted molar refractivity (Wildman–Crippen MR) is 126 cm³/mol. The minimum atomic E-state index is -0.182. The molecule has 0 fully saturated rings. The fraction of sp³-hybridized carbons (Fsp3) is 0.292. The number of carbonyl (C=O) groups excluding carboxylic acids is 1. The van der Waals surface area contributed by atoms with Crippen molar-refractivity contribution < 1.29 is 4.79 Å².